The molecular weight excluding hydrogens is 543 g/mol. The maximum atomic E-state index is 15.8. The number of hydrogen-bond acceptors (Lipinski definition) is 4. The van der Waals surface area contributed by atoms with E-state index in [-0.39, 0.29) is 28.9 Å². The summed E-state index contributed by atoms with van der Waals surface area (Å²) < 4.78 is 21.1. The second kappa shape index (κ2) is 17.3. The van der Waals surface area contributed by atoms with E-state index in [4.69, 9.17) is 16.3 Å². The van der Waals surface area contributed by atoms with Gasteiger partial charge in [-0.1, -0.05) is 62.8 Å². The highest BCUT2D eigenvalue weighted by Crippen LogP contribution is 2.42. The number of amides is 3. The van der Waals surface area contributed by atoms with Crippen molar-refractivity contribution in [2.45, 2.75) is 102 Å². The van der Waals surface area contributed by atoms with E-state index in [2.05, 4.69) is 16.0 Å². The summed E-state index contributed by atoms with van der Waals surface area (Å²) in [6.07, 6.45) is 12.0. The number of piperidine rings is 1. The molecule has 1 aromatic rings. The van der Waals surface area contributed by atoms with Gasteiger partial charge in [0, 0.05) is 57.3 Å². The summed E-state index contributed by atoms with van der Waals surface area (Å²) in [5, 5.41) is 9.90. The fourth-order valence-electron chi connectivity index (χ4n) is 6.92. The van der Waals surface area contributed by atoms with Crippen molar-refractivity contribution in [1.29, 1.82) is 0 Å². The minimum absolute atomic E-state index is 0.0385. The second-order valence-electron chi connectivity index (χ2n) is 12.0. The molecule has 0 spiro atoms. The molecule has 3 atom stereocenters. The Kier molecular flexibility index (Phi) is 14.2. The molecule has 3 rings (SSSR count). The zero-order valence-corrected chi connectivity index (χ0v) is 26.2. The Morgan fingerprint density at radius 2 is 1.95 bits per heavy atom. The molecule has 3 N–H and O–H groups in total. The molecule has 9 heteroatoms. The van der Waals surface area contributed by atoms with Crippen LogP contribution in [0.1, 0.15) is 96.0 Å². The average Bonchev–Trinajstić information content (AvgIpc) is 2.97. The van der Waals surface area contributed by atoms with E-state index in [9.17, 15) is 9.59 Å². The van der Waals surface area contributed by atoms with Crippen LogP contribution in [0, 0.1) is 17.7 Å². The molecule has 2 fully saturated rings. The lowest BCUT2D eigenvalue weighted by atomic mass is 9.70. The Balaban J connectivity index is 1.87. The number of ether oxygens (including phenoxy) is 1. The van der Waals surface area contributed by atoms with Crippen molar-refractivity contribution < 1.29 is 18.7 Å². The van der Waals surface area contributed by atoms with Crippen LogP contribution in [0.25, 0.3) is 0 Å². The highest BCUT2D eigenvalue weighted by Gasteiger charge is 2.45. The minimum atomic E-state index is -0.986. The van der Waals surface area contributed by atoms with E-state index in [0.29, 0.717) is 50.4 Å². The summed E-state index contributed by atoms with van der Waals surface area (Å²) in [4.78, 5) is 28.7. The van der Waals surface area contributed by atoms with Crippen molar-refractivity contribution in [2.24, 2.45) is 11.8 Å². The van der Waals surface area contributed by atoms with Gasteiger partial charge < -0.3 is 25.6 Å². The van der Waals surface area contributed by atoms with Crippen molar-refractivity contribution in [3.63, 3.8) is 0 Å². The Hall–Kier alpha value is -1.90. The Labute approximate surface area is 251 Å². The summed E-state index contributed by atoms with van der Waals surface area (Å²) in [6, 6.07) is 5.02. The van der Waals surface area contributed by atoms with Crippen molar-refractivity contribution in [2.75, 3.05) is 40.4 Å². The number of carbonyl (C=O) groups excluding carboxylic acids is 2. The Morgan fingerprint density at radius 3 is 2.66 bits per heavy atom. The first-order valence-electron chi connectivity index (χ1n) is 15.8. The molecule has 232 valence electrons. The summed E-state index contributed by atoms with van der Waals surface area (Å²) in [5.74, 6) is -0.127. The molecule has 3 amide bonds. The molecule has 1 aliphatic carbocycles. The van der Waals surface area contributed by atoms with Gasteiger partial charge in [-0.05, 0) is 64.0 Å². The van der Waals surface area contributed by atoms with Crippen LogP contribution in [0.15, 0.2) is 18.2 Å². The first-order valence-corrected chi connectivity index (χ1v) is 16.2. The number of hydrogen-bond donors (Lipinski definition) is 3. The molecule has 1 heterocycles. The molecule has 41 heavy (non-hydrogen) atoms. The average molecular weight is 595 g/mol. The molecule has 0 aromatic heterocycles. The van der Waals surface area contributed by atoms with Crippen LogP contribution in [0.3, 0.4) is 0 Å². The van der Waals surface area contributed by atoms with Crippen LogP contribution >= 0.6 is 11.6 Å². The first kappa shape index (κ1) is 33.6. The molecule has 1 saturated heterocycles. The molecule has 1 aromatic carbocycles. The highest BCUT2D eigenvalue weighted by molar-refractivity contribution is 6.30. The fraction of sp³-hybridized carbons (Fsp3) is 0.750. The van der Waals surface area contributed by atoms with Crippen LogP contribution in [0.5, 0.6) is 0 Å². The summed E-state index contributed by atoms with van der Waals surface area (Å²) in [5.41, 5.74) is -0.579. The number of carbonyl (C=O) groups is 2. The SMILES string of the molecule is CCCC(=O)N[C@](CCCCOC)(c1cccc(Cl)c1F)[C@@H]1CCCN(C(=O)NC(CNC)CC2CCCCC2)C1. The van der Waals surface area contributed by atoms with Crippen molar-refractivity contribution in [1.82, 2.24) is 20.9 Å². The van der Waals surface area contributed by atoms with Crippen LogP contribution in [0.2, 0.25) is 5.02 Å². The lowest BCUT2D eigenvalue weighted by molar-refractivity contribution is -0.124. The quantitative estimate of drug-likeness (QED) is 0.206. The third-order valence-corrected chi connectivity index (χ3v) is 9.26. The number of likely N-dealkylation sites (tertiary alicyclic amines) is 1. The zero-order chi connectivity index (χ0) is 29.7. The molecule has 1 unspecified atom stereocenters. The zero-order valence-electron chi connectivity index (χ0n) is 25.4. The van der Waals surface area contributed by atoms with E-state index in [1.807, 2.05) is 18.9 Å². The molecule has 7 nitrogen and oxygen atoms in total. The summed E-state index contributed by atoms with van der Waals surface area (Å²) in [7, 11) is 3.59. The molecule has 1 saturated carbocycles. The molecule has 1 aliphatic heterocycles. The van der Waals surface area contributed by atoms with Gasteiger partial charge in [-0.15, -0.1) is 0 Å². The van der Waals surface area contributed by atoms with E-state index in [0.717, 1.165) is 38.6 Å². The normalized spacial score (nSPS) is 20.3. The highest BCUT2D eigenvalue weighted by atomic mass is 35.5. The number of nitrogens with zero attached hydrogens (tertiary/aromatic N) is 1. The maximum Gasteiger partial charge on any atom is 0.317 e. The standard InChI is InChI=1S/C32H52ClFN4O3/c1-4-12-29(39)37-32(18-8-9-20-41-3,27-16-10-17-28(33)30(27)34)25-15-11-19-38(23-25)31(40)36-26(22-35-2)21-24-13-6-5-7-14-24/h10,16-17,24-26,35H,4-9,11-15,18-23H2,1-3H3,(H,36,40)(H,37,39)/t25-,26?,32+/m1/s1. The van der Waals surface area contributed by atoms with Crippen molar-refractivity contribution >= 4 is 23.5 Å². The van der Waals surface area contributed by atoms with E-state index in [1.54, 1.807) is 25.3 Å². The lowest BCUT2D eigenvalue weighted by Gasteiger charge is -2.47. The van der Waals surface area contributed by atoms with E-state index >= 15 is 4.39 Å². The largest absolute Gasteiger partial charge is 0.385 e. The maximum absolute atomic E-state index is 15.8. The van der Waals surface area contributed by atoms with Gasteiger partial charge in [0.2, 0.25) is 5.91 Å². The molecule has 2 aliphatic rings. The van der Waals surface area contributed by atoms with E-state index in [1.165, 1.54) is 32.1 Å². The molecule has 0 bridgehead atoms. The number of nitrogens with one attached hydrogen (secondary N) is 3. The molecular formula is C32H52ClFN4O3. The van der Waals surface area contributed by atoms with Crippen molar-refractivity contribution in [3.8, 4) is 0 Å². The van der Waals surface area contributed by atoms with Crippen LogP contribution < -0.4 is 16.0 Å². The smallest absolute Gasteiger partial charge is 0.317 e. The predicted molar refractivity (Wildman–Crippen MR) is 164 cm³/mol. The van der Waals surface area contributed by atoms with Gasteiger partial charge in [-0.2, -0.15) is 0 Å². The van der Waals surface area contributed by atoms with E-state index < -0.39 is 11.4 Å². The first-order chi connectivity index (χ1) is 19.8. The van der Waals surface area contributed by atoms with Gasteiger partial charge in [0.1, 0.15) is 5.82 Å². The third kappa shape index (κ3) is 9.55. The van der Waals surface area contributed by atoms with Crippen LogP contribution in [-0.4, -0.2) is 63.3 Å². The van der Waals surface area contributed by atoms with Crippen molar-refractivity contribution in [3.05, 3.63) is 34.6 Å². The van der Waals surface area contributed by atoms with Gasteiger partial charge in [-0.25, -0.2) is 9.18 Å². The van der Waals surface area contributed by atoms with Gasteiger partial charge in [0.25, 0.3) is 0 Å². The van der Waals surface area contributed by atoms with Gasteiger partial charge in [0.15, 0.2) is 0 Å². The monoisotopic (exact) mass is 594 g/mol. The van der Waals surface area contributed by atoms with Gasteiger partial charge >= 0.3 is 6.03 Å². The minimum Gasteiger partial charge on any atom is -0.385 e. The third-order valence-electron chi connectivity index (χ3n) is 8.97. The number of urea groups is 1. The fourth-order valence-corrected chi connectivity index (χ4v) is 7.10. The summed E-state index contributed by atoms with van der Waals surface area (Å²) in [6.45, 7) is 4.35. The molecule has 0 radical (unpaired) electrons. The summed E-state index contributed by atoms with van der Waals surface area (Å²) >= 11 is 6.30. The Bertz CT molecular complexity index is 961. The van der Waals surface area contributed by atoms with Gasteiger partial charge in [0.05, 0.1) is 10.6 Å². The predicted octanol–water partition coefficient (Wildman–Crippen LogP) is 6.39. The van der Waals surface area contributed by atoms with Gasteiger partial charge in [-0.3, -0.25) is 4.79 Å². The second-order valence-corrected chi connectivity index (χ2v) is 12.5. The number of likely N-dealkylation sites (N-methyl/N-ethyl adjacent to an activating group) is 1. The number of benzene rings is 1. The van der Waals surface area contributed by atoms with Crippen LogP contribution in [0.4, 0.5) is 9.18 Å². The number of methoxy groups -OCH3 is 1. The lowest BCUT2D eigenvalue weighted by Crippen LogP contribution is -2.58. The number of rotatable bonds is 15. The number of unbranched alkanes of at least 4 members (excludes halogenated alkanes) is 1. The number of halogens is 2. The Morgan fingerprint density at radius 1 is 1.17 bits per heavy atom. The van der Waals surface area contributed by atoms with Crippen LogP contribution in [-0.2, 0) is 15.1 Å². The topological polar surface area (TPSA) is 82.7 Å².